The van der Waals surface area contributed by atoms with E-state index in [9.17, 15) is 0 Å². The summed E-state index contributed by atoms with van der Waals surface area (Å²) in [6.45, 7) is 0.538. The van der Waals surface area contributed by atoms with E-state index >= 15 is 0 Å². The molecule has 0 radical (unpaired) electrons. The molecule has 0 saturated heterocycles. The molecule has 110 valence electrons. The van der Waals surface area contributed by atoms with Gasteiger partial charge in [0.15, 0.2) is 0 Å². The molecule has 0 atom stereocenters. The van der Waals surface area contributed by atoms with Crippen LogP contribution in [0.25, 0.3) is 11.5 Å². The highest BCUT2D eigenvalue weighted by Crippen LogP contribution is 2.23. The monoisotopic (exact) mass is 312 g/mol. The Kier molecular flexibility index (Phi) is 4.03. The molecule has 0 bridgehead atoms. The second kappa shape index (κ2) is 6.28. The number of benzene rings is 1. The van der Waals surface area contributed by atoms with Gasteiger partial charge in [-0.1, -0.05) is 5.10 Å². The number of nitrogens with one attached hydrogen (secondary N) is 1. The molecule has 0 fully saturated rings. The van der Waals surface area contributed by atoms with Gasteiger partial charge in [0.25, 0.3) is 0 Å². The summed E-state index contributed by atoms with van der Waals surface area (Å²) >= 11 is 1.43. The fourth-order valence-electron chi connectivity index (χ4n) is 1.84. The van der Waals surface area contributed by atoms with E-state index in [1.807, 2.05) is 30.3 Å². The molecule has 2 aromatic heterocycles. The first kappa shape index (κ1) is 14.1. The van der Waals surface area contributed by atoms with E-state index in [0.717, 1.165) is 16.2 Å². The zero-order chi connectivity index (χ0) is 15.4. The van der Waals surface area contributed by atoms with Crippen LogP contribution >= 0.6 is 11.3 Å². The number of aromatic nitrogens is 2. The molecule has 7 heteroatoms. The largest absolute Gasteiger partial charge is 0.497 e. The highest BCUT2D eigenvalue weighted by Gasteiger charge is 2.09. The molecule has 22 heavy (non-hydrogen) atoms. The molecular weight excluding hydrogens is 300 g/mol. The Balaban J connectivity index is 1.66. The van der Waals surface area contributed by atoms with Gasteiger partial charge in [0.05, 0.1) is 13.7 Å². The number of hydrogen-bond donors (Lipinski definition) is 1. The number of rotatable bonds is 5. The van der Waals surface area contributed by atoms with Crippen LogP contribution in [0.1, 0.15) is 9.75 Å². The Bertz CT molecular complexity index is 802. The molecule has 3 rings (SSSR count). The van der Waals surface area contributed by atoms with E-state index in [4.69, 9.17) is 14.4 Å². The zero-order valence-corrected chi connectivity index (χ0v) is 12.6. The zero-order valence-electron chi connectivity index (χ0n) is 11.7. The maximum atomic E-state index is 8.79. The van der Waals surface area contributed by atoms with Gasteiger partial charge in [0.2, 0.25) is 5.89 Å². The summed E-state index contributed by atoms with van der Waals surface area (Å²) in [5.74, 6) is 1.21. The molecule has 0 saturated carbocycles. The van der Waals surface area contributed by atoms with E-state index in [-0.39, 0.29) is 0 Å². The van der Waals surface area contributed by atoms with E-state index in [1.54, 1.807) is 13.2 Å². The van der Waals surface area contributed by atoms with Crippen molar-refractivity contribution in [2.75, 3.05) is 12.4 Å². The molecule has 0 unspecified atom stereocenters. The van der Waals surface area contributed by atoms with Crippen LogP contribution in [-0.2, 0) is 6.54 Å². The van der Waals surface area contributed by atoms with Crippen LogP contribution in [-0.4, -0.2) is 17.3 Å². The Morgan fingerprint density at radius 2 is 2.05 bits per heavy atom. The van der Waals surface area contributed by atoms with Gasteiger partial charge >= 0.3 is 6.01 Å². The van der Waals surface area contributed by atoms with Crippen molar-refractivity contribution in [1.82, 2.24) is 10.2 Å². The van der Waals surface area contributed by atoms with Crippen LogP contribution in [0.4, 0.5) is 6.01 Å². The molecule has 6 nitrogen and oxygen atoms in total. The second-order valence-electron chi connectivity index (χ2n) is 4.37. The fourth-order valence-corrected chi connectivity index (χ4v) is 2.59. The predicted octanol–water partition coefficient (Wildman–Crippen LogP) is 3.29. The highest BCUT2D eigenvalue weighted by molar-refractivity contribution is 7.12. The van der Waals surface area contributed by atoms with Crippen molar-refractivity contribution in [2.24, 2.45) is 0 Å². The van der Waals surface area contributed by atoms with E-state index in [0.29, 0.717) is 23.3 Å². The fraction of sp³-hybridized carbons (Fsp3) is 0.133. The number of anilines is 1. The van der Waals surface area contributed by atoms with Crippen LogP contribution in [0.15, 0.2) is 40.8 Å². The van der Waals surface area contributed by atoms with Gasteiger partial charge in [0.1, 0.15) is 16.7 Å². The van der Waals surface area contributed by atoms with Crippen LogP contribution in [0.5, 0.6) is 5.75 Å². The minimum atomic E-state index is 0.345. The predicted molar refractivity (Wildman–Crippen MR) is 82.6 cm³/mol. The van der Waals surface area contributed by atoms with Gasteiger partial charge < -0.3 is 14.5 Å². The number of thiophene rings is 1. The minimum absolute atomic E-state index is 0.345. The summed E-state index contributed by atoms with van der Waals surface area (Å²) in [6.07, 6.45) is 0. The summed E-state index contributed by atoms with van der Waals surface area (Å²) in [6, 6.07) is 13.5. The molecule has 2 heterocycles. The van der Waals surface area contributed by atoms with Crippen molar-refractivity contribution in [2.45, 2.75) is 6.54 Å². The third-order valence-corrected chi connectivity index (χ3v) is 3.94. The van der Waals surface area contributed by atoms with Gasteiger partial charge in [-0.15, -0.1) is 16.4 Å². The topological polar surface area (TPSA) is 84.0 Å². The van der Waals surface area contributed by atoms with Crippen molar-refractivity contribution in [3.63, 3.8) is 0 Å². The van der Waals surface area contributed by atoms with Crippen LogP contribution in [0.2, 0.25) is 0 Å². The van der Waals surface area contributed by atoms with Gasteiger partial charge in [-0.3, -0.25) is 0 Å². The third-order valence-electron chi connectivity index (χ3n) is 2.95. The van der Waals surface area contributed by atoms with Gasteiger partial charge in [-0.05, 0) is 36.4 Å². The molecule has 0 aliphatic heterocycles. The van der Waals surface area contributed by atoms with Gasteiger partial charge in [0, 0.05) is 10.4 Å². The van der Waals surface area contributed by atoms with Crippen molar-refractivity contribution < 1.29 is 9.15 Å². The molecule has 0 spiro atoms. The van der Waals surface area contributed by atoms with Gasteiger partial charge in [-0.25, -0.2) is 0 Å². The lowest BCUT2D eigenvalue weighted by Gasteiger charge is -1.99. The summed E-state index contributed by atoms with van der Waals surface area (Å²) in [5, 5.41) is 19.8. The van der Waals surface area contributed by atoms with Crippen LogP contribution in [0.3, 0.4) is 0 Å². The second-order valence-corrected chi connectivity index (χ2v) is 5.54. The lowest BCUT2D eigenvalue weighted by molar-refractivity contribution is 0.415. The third kappa shape index (κ3) is 3.07. The minimum Gasteiger partial charge on any atom is -0.497 e. The molecule has 3 aromatic rings. The number of nitrogens with zero attached hydrogens (tertiary/aromatic N) is 3. The van der Waals surface area contributed by atoms with Crippen molar-refractivity contribution >= 4 is 17.4 Å². The first-order valence-corrected chi connectivity index (χ1v) is 7.31. The average Bonchev–Trinajstić information content (AvgIpc) is 3.22. The molecule has 1 N–H and O–H groups in total. The number of methoxy groups -OCH3 is 1. The molecule has 0 amide bonds. The van der Waals surface area contributed by atoms with Crippen molar-refractivity contribution in [1.29, 1.82) is 5.26 Å². The van der Waals surface area contributed by atoms with Crippen LogP contribution in [0, 0.1) is 11.3 Å². The molecule has 1 aromatic carbocycles. The summed E-state index contributed by atoms with van der Waals surface area (Å²) < 4.78 is 10.7. The van der Waals surface area contributed by atoms with Crippen molar-refractivity contribution in [3.05, 3.63) is 46.2 Å². The number of ether oxygens (including phenoxy) is 1. The quantitative estimate of drug-likeness (QED) is 0.778. The highest BCUT2D eigenvalue weighted by atomic mass is 32.1. The van der Waals surface area contributed by atoms with Crippen LogP contribution < -0.4 is 10.1 Å². The van der Waals surface area contributed by atoms with E-state index in [2.05, 4.69) is 21.6 Å². The van der Waals surface area contributed by atoms with E-state index in [1.165, 1.54) is 11.3 Å². The van der Waals surface area contributed by atoms with Crippen molar-refractivity contribution in [3.8, 4) is 23.3 Å². The lowest BCUT2D eigenvalue weighted by atomic mass is 10.2. The maximum Gasteiger partial charge on any atom is 0.316 e. The summed E-state index contributed by atoms with van der Waals surface area (Å²) in [7, 11) is 1.62. The smallest absolute Gasteiger partial charge is 0.316 e. The summed E-state index contributed by atoms with van der Waals surface area (Å²) in [4.78, 5) is 1.71. The standard InChI is InChI=1S/C15H12N4O2S/c1-20-11-4-2-10(3-5-11)14-18-19-15(21-14)17-9-13-7-6-12(8-16)22-13/h2-7H,9H2,1H3,(H,17,19). The Hall–Kier alpha value is -2.85. The number of hydrogen-bond acceptors (Lipinski definition) is 7. The maximum absolute atomic E-state index is 8.79. The average molecular weight is 312 g/mol. The van der Waals surface area contributed by atoms with Gasteiger partial charge in [-0.2, -0.15) is 5.26 Å². The summed E-state index contributed by atoms with van der Waals surface area (Å²) in [5.41, 5.74) is 0.823. The molecule has 0 aliphatic carbocycles. The molecular formula is C15H12N4O2S. The normalized spacial score (nSPS) is 10.2. The lowest BCUT2D eigenvalue weighted by Crippen LogP contribution is -1.97. The molecule has 0 aliphatic rings. The number of nitriles is 1. The first-order valence-electron chi connectivity index (χ1n) is 6.49. The SMILES string of the molecule is COc1ccc(-c2nnc(NCc3ccc(C#N)s3)o2)cc1. The van der Waals surface area contributed by atoms with E-state index < -0.39 is 0 Å². The first-order chi connectivity index (χ1) is 10.8. The Morgan fingerprint density at radius 1 is 1.23 bits per heavy atom. The Morgan fingerprint density at radius 3 is 2.73 bits per heavy atom. The Labute approximate surface area is 131 Å².